The first kappa shape index (κ1) is 18.5. The van der Waals surface area contributed by atoms with Crippen LogP contribution in [0.3, 0.4) is 0 Å². The number of fused-ring (bicyclic) bond motifs is 1. The van der Waals surface area contributed by atoms with Gasteiger partial charge in [0.05, 0.1) is 0 Å². The van der Waals surface area contributed by atoms with Crippen LogP contribution in [-0.2, 0) is 11.3 Å². The SMILES string of the molecule is CC(C)N1CCN(C(=O)C2CCN(Cc3cc4ccccc4[nH]3)CC2)CC1. The van der Waals surface area contributed by atoms with Crippen LogP contribution >= 0.6 is 0 Å². The Bertz CT molecular complexity index is 734. The Morgan fingerprint density at radius 3 is 2.44 bits per heavy atom. The van der Waals surface area contributed by atoms with Crippen molar-refractivity contribution < 1.29 is 4.79 Å². The predicted molar refractivity (Wildman–Crippen MR) is 110 cm³/mol. The average molecular weight is 369 g/mol. The minimum atomic E-state index is 0.217. The maximum absolute atomic E-state index is 12.9. The smallest absolute Gasteiger partial charge is 0.225 e. The second kappa shape index (κ2) is 8.03. The number of rotatable bonds is 4. The number of nitrogens with zero attached hydrogens (tertiary/aromatic N) is 3. The van der Waals surface area contributed by atoms with E-state index in [0.717, 1.165) is 58.7 Å². The van der Waals surface area contributed by atoms with Gasteiger partial charge in [-0.25, -0.2) is 0 Å². The molecule has 0 aliphatic carbocycles. The number of aromatic amines is 1. The number of benzene rings is 1. The molecule has 0 atom stereocenters. The fourth-order valence-electron chi connectivity index (χ4n) is 4.51. The van der Waals surface area contributed by atoms with Crippen molar-refractivity contribution in [3.63, 3.8) is 0 Å². The summed E-state index contributed by atoms with van der Waals surface area (Å²) in [5.41, 5.74) is 2.48. The van der Waals surface area contributed by atoms with Crippen LogP contribution in [0.2, 0.25) is 0 Å². The van der Waals surface area contributed by atoms with Crippen molar-refractivity contribution in [3.8, 4) is 0 Å². The molecule has 5 heteroatoms. The first-order valence-corrected chi connectivity index (χ1v) is 10.4. The van der Waals surface area contributed by atoms with Gasteiger partial charge in [-0.1, -0.05) is 18.2 Å². The lowest BCUT2D eigenvalue weighted by Gasteiger charge is -2.39. The molecule has 146 valence electrons. The van der Waals surface area contributed by atoms with Gasteiger partial charge in [0.2, 0.25) is 5.91 Å². The number of carbonyl (C=O) groups excluding carboxylic acids is 1. The number of H-pyrrole nitrogens is 1. The summed E-state index contributed by atoms with van der Waals surface area (Å²) in [6.07, 6.45) is 1.98. The minimum absolute atomic E-state index is 0.217. The van der Waals surface area contributed by atoms with Crippen molar-refractivity contribution in [2.75, 3.05) is 39.3 Å². The molecule has 2 aromatic rings. The Hall–Kier alpha value is -1.85. The van der Waals surface area contributed by atoms with Crippen molar-refractivity contribution >= 4 is 16.8 Å². The number of likely N-dealkylation sites (tertiary alicyclic amines) is 1. The van der Waals surface area contributed by atoms with Crippen molar-refractivity contribution in [2.24, 2.45) is 5.92 Å². The molecule has 0 saturated carbocycles. The number of piperidine rings is 1. The second-order valence-corrected chi connectivity index (χ2v) is 8.39. The summed E-state index contributed by atoms with van der Waals surface area (Å²) in [6.45, 7) is 11.3. The van der Waals surface area contributed by atoms with Crippen LogP contribution in [0.15, 0.2) is 30.3 Å². The molecule has 4 rings (SSSR count). The molecule has 5 nitrogen and oxygen atoms in total. The molecule has 1 aromatic heterocycles. The van der Waals surface area contributed by atoms with Crippen LogP contribution in [0.1, 0.15) is 32.4 Å². The number of carbonyl (C=O) groups is 1. The van der Waals surface area contributed by atoms with E-state index in [1.54, 1.807) is 0 Å². The number of aromatic nitrogens is 1. The fourth-order valence-corrected chi connectivity index (χ4v) is 4.51. The third-order valence-electron chi connectivity index (χ3n) is 6.27. The Morgan fingerprint density at radius 2 is 1.78 bits per heavy atom. The lowest BCUT2D eigenvalue weighted by Crippen LogP contribution is -2.53. The molecular formula is C22H32N4O. The number of hydrogen-bond donors (Lipinski definition) is 1. The highest BCUT2D eigenvalue weighted by atomic mass is 16.2. The highest BCUT2D eigenvalue weighted by Gasteiger charge is 2.30. The van der Waals surface area contributed by atoms with E-state index in [4.69, 9.17) is 0 Å². The van der Waals surface area contributed by atoms with Crippen molar-refractivity contribution in [2.45, 2.75) is 39.3 Å². The van der Waals surface area contributed by atoms with Gasteiger partial charge in [0.25, 0.3) is 0 Å². The molecule has 0 radical (unpaired) electrons. The number of para-hydroxylation sites is 1. The Balaban J connectivity index is 1.26. The van der Waals surface area contributed by atoms with Crippen molar-refractivity contribution in [1.82, 2.24) is 19.7 Å². The van der Waals surface area contributed by atoms with Gasteiger partial charge in [0, 0.05) is 55.9 Å². The fraction of sp³-hybridized carbons (Fsp3) is 0.591. The Morgan fingerprint density at radius 1 is 1.07 bits per heavy atom. The first-order chi connectivity index (χ1) is 13.1. The van der Waals surface area contributed by atoms with Crippen LogP contribution in [0.25, 0.3) is 10.9 Å². The molecule has 2 aliphatic rings. The lowest BCUT2D eigenvalue weighted by molar-refractivity contribution is -0.139. The molecule has 2 aliphatic heterocycles. The monoisotopic (exact) mass is 368 g/mol. The van der Waals surface area contributed by atoms with E-state index in [0.29, 0.717) is 11.9 Å². The molecule has 2 fully saturated rings. The van der Waals surface area contributed by atoms with Crippen LogP contribution < -0.4 is 0 Å². The van der Waals surface area contributed by atoms with E-state index in [9.17, 15) is 4.79 Å². The summed E-state index contributed by atoms with van der Waals surface area (Å²) >= 11 is 0. The lowest BCUT2D eigenvalue weighted by atomic mass is 9.95. The quantitative estimate of drug-likeness (QED) is 0.902. The van der Waals surface area contributed by atoms with Crippen LogP contribution in [0.5, 0.6) is 0 Å². The van der Waals surface area contributed by atoms with Gasteiger partial charge < -0.3 is 9.88 Å². The van der Waals surface area contributed by atoms with Gasteiger partial charge in [-0.15, -0.1) is 0 Å². The zero-order valence-electron chi connectivity index (χ0n) is 16.7. The molecule has 0 unspecified atom stereocenters. The van der Waals surface area contributed by atoms with Crippen LogP contribution in [0, 0.1) is 5.92 Å². The van der Waals surface area contributed by atoms with Crippen molar-refractivity contribution in [3.05, 3.63) is 36.0 Å². The summed E-state index contributed by atoms with van der Waals surface area (Å²) in [5.74, 6) is 0.609. The molecular weight excluding hydrogens is 336 g/mol. The Kier molecular flexibility index (Phi) is 5.50. The van der Waals surface area contributed by atoms with Crippen LogP contribution in [-0.4, -0.2) is 70.9 Å². The van der Waals surface area contributed by atoms with Gasteiger partial charge in [0.1, 0.15) is 0 Å². The van der Waals surface area contributed by atoms with Gasteiger partial charge in [-0.2, -0.15) is 0 Å². The van der Waals surface area contributed by atoms with E-state index in [2.05, 4.69) is 63.9 Å². The topological polar surface area (TPSA) is 42.6 Å². The zero-order chi connectivity index (χ0) is 18.8. The number of amides is 1. The Labute approximate surface area is 162 Å². The first-order valence-electron chi connectivity index (χ1n) is 10.4. The average Bonchev–Trinajstić information content (AvgIpc) is 3.10. The van der Waals surface area contributed by atoms with E-state index >= 15 is 0 Å². The molecule has 2 saturated heterocycles. The van der Waals surface area contributed by atoms with Crippen molar-refractivity contribution in [1.29, 1.82) is 0 Å². The largest absolute Gasteiger partial charge is 0.357 e. The van der Waals surface area contributed by atoms with Gasteiger partial charge in [-0.05, 0) is 57.3 Å². The maximum Gasteiger partial charge on any atom is 0.225 e. The highest BCUT2D eigenvalue weighted by molar-refractivity contribution is 5.80. The summed E-state index contributed by atoms with van der Waals surface area (Å²) in [5, 5.41) is 1.28. The summed E-state index contributed by atoms with van der Waals surface area (Å²) in [7, 11) is 0. The molecule has 1 amide bonds. The molecule has 0 bridgehead atoms. The maximum atomic E-state index is 12.9. The van der Waals surface area contributed by atoms with Crippen LogP contribution in [0.4, 0.5) is 0 Å². The normalized spacial score (nSPS) is 20.6. The highest BCUT2D eigenvalue weighted by Crippen LogP contribution is 2.23. The van der Waals surface area contributed by atoms with Gasteiger partial charge >= 0.3 is 0 Å². The second-order valence-electron chi connectivity index (χ2n) is 8.39. The number of hydrogen-bond acceptors (Lipinski definition) is 3. The molecule has 1 N–H and O–H groups in total. The summed E-state index contributed by atoms with van der Waals surface area (Å²) in [6, 6.07) is 11.3. The number of piperazine rings is 1. The van der Waals surface area contributed by atoms with Gasteiger partial charge in [-0.3, -0.25) is 14.6 Å². The summed E-state index contributed by atoms with van der Waals surface area (Å²) in [4.78, 5) is 23.5. The van der Waals surface area contributed by atoms with E-state index in [1.165, 1.54) is 16.6 Å². The van der Waals surface area contributed by atoms with E-state index in [1.807, 2.05) is 0 Å². The zero-order valence-corrected chi connectivity index (χ0v) is 16.7. The third kappa shape index (κ3) is 4.19. The van der Waals surface area contributed by atoms with E-state index < -0.39 is 0 Å². The van der Waals surface area contributed by atoms with Gasteiger partial charge in [0.15, 0.2) is 0 Å². The molecule has 0 spiro atoms. The van der Waals surface area contributed by atoms with E-state index in [-0.39, 0.29) is 5.92 Å². The standard InChI is InChI=1S/C22H32N4O/c1-17(2)25-11-13-26(14-12-25)22(27)18-7-9-24(10-8-18)16-20-15-19-5-3-4-6-21(19)23-20/h3-6,15,17-18,23H,7-14,16H2,1-2H3. The molecule has 1 aromatic carbocycles. The number of nitrogens with one attached hydrogen (secondary N) is 1. The molecule has 27 heavy (non-hydrogen) atoms. The third-order valence-corrected chi connectivity index (χ3v) is 6.27. The summed E-state index contributed by atoms with van der Waals surface area (Å²) < 4.78 is 0. The minimum Gasteiger partial charge on any atom is -0.357 e. The predicted octanol–water partition coefficient (Wildman–Crippen LogP) is 2.93. The molecule has 3 heterocycles.